The molecule has 0 atom stereocenters. The quantitative estimate of drug-likeness (QED) is 0.847. The van der Waals surface area contributed by atoms with E-state index in [4.69, 9.17) is 14.7 Å². The lowest BCUT2D eigenvalue weighted by Gasteiger charge is -2.40. The molecule has 0 heterocycles. The van der Waals surface area contributed by atoms with Gasteiger partial charge in [-0.2, -0.15) is 5.26 Å². The predicted octanol–water partition coefficient (Wildman–Crippen LogP) is 2.19. The molecule has 0 aliphatic heterocycles. The zero-order valence-electron chi connectivity index (χ0n) is 14.4. The fourth-order valence-electron chi connectivity index (χ4n) is 3.16. The number of hydrogen-bond donors (Lipinski definition) is 1. The third-order valence-corrected chi connectivity index (χ3v) is 4.74. The van der Waals surface area contributed by atoms with Crippen molar-refractivity contribution >= 4 is 11.9 Å². The number of nitrogens with zero attached hydrogens (tertiary/aromatic N) is 2. The Hall–Kier alpha value is -2.75. The number of likely N-dealkylation sites (N-methyl/N-ethyl adjacent to an activating group) is 1. The molecule has 1 aliphatic carbocycles. The predicted molar refractivity (Wildman–Crippen MR) is 89.4 cm³/mol. The van der Waals surface area contributed by atoms with Gasteiger partial charge in [0, 0.05) is 13.1 Å². The highest BCUT2D eigenvalue weighted by molar-refractivity contribution is 5.87. The van der Waals surface area contributed by atoms with Crippen LogP contribution in [0.15, 0.2) is 18.2 Å². The molecule has 1 aliphatic rings. The van der Waals surface area contributed by atoms with E-state index >= 15 is 0 Å². The molecule has 0 radical (unpaired) electrons. The van der Waals surface area contributed by atoms with E-state index in [0.29, 0.717) is 29.9 Å². The maximum atomic E-state index is 12.5. The SMILES string of the molecule is COc1cc(C#N)ccc1OCC(=O)N(C)C1(C(=O)O)CCCCC1. The number of benzene rings is 1. The third-order valence-electron chi connectivity index (χ3n) is 4.74. The Morgan fingerprint density at radius 1 is 1.28 bits per heavy atom. The van der Waals surface area contributed by atoms with Crippen molar-refractivity contribution in [1.29, 1.82) is 5.26 Å². The third kappa shape index (κ3) is 3.85. The van der Waals surface area contributed by atoms with Gasteiger partial charge >= 0.3 is 5.97 Å². The second kappa shape index (κ2) is 7.88. The Morgan fingerprint density at radius 3 is 2.52 bits per heavy atom. The second-order valence-electron chi connectivity index (χ2n) is 6.12. The number of nitriles is 1. The first kappa shape index (κ1) is 18.6. The number of amides is 1. The molecule has 7 nitrogen and oxygen atoms in total. The molecule has 1 aromatic rings. The first-order valence-corrected chi connectivity index (χ1v) is 8.15. The van der Waals surface area contributed by atoms with Crippen LogP contribution in [0.2, 0.25) is 0 Å². The zero-order valence-corrected chi connectivity index (χ0v) is 14.4. The molecule has 134 valence electrons. The second-order valence-corrected chi connectivity index (χ2v) is 6.12. The number of ether oxygens (including phenoxy) is 2. The van der Waals surface area contributed by atoms with Gasteiger partial charge in [-0.05, 0) is 25.0 Å². The maximum Gasteiger partial charge on any atom is 0.329 e. The van der Waals surface area contributed by atoms with E-state index < -0.39 is 17.4 Å². The molecule has 1 saturated carbocycles. The van der Waals surface area contributed by atoms with Crippen LogP contribution in [0.5, 0.6) is 11.5 Å². The Labute approximate surface area is 146 Å². The number of carboxylic acid groups (broad SMARTS) is 1. The maximum absolute atomic E-state index is 12.5. The average molecular weight is 346 g/mol. The highest BCUT2D eigenvalue weighted by Gasteiger charge is 2.45. The van der Waals surface area contributed by atoms with Crippen LogP contribution in [-0.4, -0.2) is 48.2 Å². The molecule has 0 bridgehead atoms. The molecule has 25 heavy (non-hydrogen) atoms. The van der Waals surface area contributed by atoms with E-state index in [1.165, 1.54) is 25.1 Å². The van der Waals surface area contributed by atoms with Gasteiger partial charge in [-0.1, -0.05) is 19.3 Å². The zero-order chi connectivity index (χ0) is 18.4. The molecular formula is C18H22N2O5. The summed E-state index contributed by atoms with van der Waals surface area (Å²) in [5.74, 6) is -0.703. The molecule has 7 heteroatoms. The normalized spacial score (nSPS) is 15.7. The molecule has 1 N–H and O–H groups in total. The minimum absolute atomic E-state index is 0.298. The molecule has 2 rings (SSSR count). The summed E-state index contributed by atoms with van der Waals surface area (Å²) in [5.41, 5.74) is -0.743. The van der Waals surface area contributed by atoms with Gasteiger partial charge in [0.05, 0.1) is 18.7 Å². The minimum atomic E-state index is -1.16. The highest BCUT2D eigenvalue weighted by atomic mass is 16.5. The fourth-order valence-corrected chi connectivity index (χ4v) is 3.16. The summed E-state index contributed by atoms with van der Waals surface area (Å²) in [6, 6.07) is 6.63. The Balaban J connectivity index is 2.09. The molecule has 0 aromatic heterocycles. The number of methoxy groups -OCH3 is 1. The standard InChI is InChI=1S/C18H22N2O5/c1-20(18(17(22)23)8-4-3-5-9-18)16(21)12-25-14-7-6-13(11-19)10-15(14)24-2/h6-7,10H,3-5,8-9,12H2,1-2H3,(H,22,23). The van der Waals surface area contributed by atoms with E-state index in [1.54, 1.807) is 12.1 Å². The van der Waals surface area contributed by atoms with Crippen molar-refractivity contribution in [2.45, 2.75) is 37.6 Å². The van der Waals surface area contributed by atoms with Crippen LogP contribution < -0.4 is 9.47 Å². The highest BCUT2D eigenvalue weighted by Crippen LogP contribution is 2.34. The fraction of sp³-hybridized carbons (Fsp3) is 0.500. The molecule has 1 aromatic carbocycles. The summed E-state index contributed by atoms with van der Waals surface area (Å²) in [5, 5.41) is 18.5. The molecule has 1 fully saturated rings. The number of carbonyl (C=O) groups is 2. The van der Waals surface area contributed by atoms with Crippen LogP contribution in [0.4, 0.5) is 0 Å². The van der Waals surface area contributed by atoms with Crippen molar-refractivity contribution in [2.75, 3.05) is 20.8 Å². The summed E-state index contributed by atoms with van der Waals surface area (Å²) in [7, 11) is 2.96. The lowest BCUT2D eigenvalue weighted by atomic mass is 9.80. The largest absolute Gasteiger partial charge is 0.493 e. The van der Waals surface area contributed by atoms with Gasteiger partial charge in [-0.3, -0.25) is 4.79 Å². The van der Waals surface area contributed by atoms with Crippen molar-refractivity contribution in [3.05, 3.63) is 23.8 Å². The Bertz CT molecular complexity index is 689. The summed E-state index contributed by atoms with van der Waals surface area (Å²) in [6.07, 6.45) is 3.45. The molecular weight excluding hydrogens is 324 g/mol. The first-order valence-electron chi connectivity index (χ1n) is 8.15. The topological polar surface area (TPSA) is 99.9 Å². The summed E-state index contributed by atoms with van der Waals surface area (Å²) in [6.45, 7) is -0.298. The molecule has 0 spiro atoms. The van der Waals surface area contributed by atoms with Crippen LogP contribution in [0, 0.1) is 11.3 Å². The average Bonchev–Trinajstić information content (AvgIpc) is 2.65. The number of aliphatic carboxylic acids is 1. The van der Waals surface area contributed by atoms with Crippen LogP contribution in [0.25, 0.3) is 0 Å². The number of carbonyl (C=O) groups excluding carboxylic acids is 1. The van der Waals surface area contributed by atoms with Gasteiger partial charge in [0.15, 0.2) is 18.1 Å². The lowest BCUT2D eigenvalue weighted by molar-refractivity contribution is -0.161. The van der Waals surface area contributed by atoms with Crippen LogP contribution in [-0.2, 0) is 9.59 Å². The first-order chi connectivity index (χ1) is 11.9. The van der Waals surface area contributed by atoms with Crippen LogP contribution in [0.3, 0.4) is 0 Å². The lowest BCUT2D eigenvalue weighted by Crippen LogP contribution is -2.57. The van der Waals surface area contributed by atoms with Gasteiger partial charge < -0.3 is 19.5 Å². The Kier molecular flexibility index (Phi) is 5.86. The van der Waals surface area contributed by atoms with Gasteiger partial charge in [0.25, 0.3) is 5.91 Å². The van der Waals surface area contributed by atoms with Gasteiger partial charge in [-0.15, -0.1) is 0 Å². The number of hydrogen-bond acceptors (Lipinski definition) is 5. The molecule has 0 unspecified atom stereocenters. The van der Waals surface area contributed by atoms with Crippen LogP contribution >= 0.6 is 0 Å². The van der Waals surface area contributed by atoms with E-state index in [9.17, 15) is 14.7 Å². The van der Waals surface area contributed by atoms with Gasteiger partial charge in [-0.25, -0.2) is 4.79 Å². The number of carboxylic acids is 1. The van der Waals surface area contributed by atoms with E-state index in [2.05, 4.69) is 0 Å². The molecule has 1 amide bonds. The molecule has 0 saturated heterocycles. The van der Waals surface area contributed by atoms with Gasteiger partial charge in [0.2, 0.25) is 0 Å². The van der Waals surface area contributed by atoms with E-state index in [-0.39, 0.29) is 6.61 Å². The van der Waals surface area contributed by atoms with Crippen molar-refractivity contribution in [3.8, 4) is 17.6 Å². The summed E-state index contributed by atoms with van der Waals surface area (Å²) in [4.78, 5) is 25.6. The minimum Gasteiger partial charge on any atom is -0.493 e. The summed E-state index contributed by atoms with van der Waals surface area (Å²) >= 11 is 0. The Morgan fingerprint density at radius 2 is 1.96 bits per heavy atom. The van der Waals surface area contributed by atoms with E-state index in [0.717, 1.165) is 19.3 Å². The van der Waals surface area contributed by atoms with Crippen LogP contribution in [0.1, 0.15) is 37.7 Å². The summed E-state index contributed by atoms with van der Waals surface area (Å²) < 4.78 is 10.7. The van der Waals surface area contributed by atoms with E-state index in [1.807, 2.05) is 6.07 Å². The van der Waals surface area contributed by atoms with Crippen molar-refractivity contribution in [2.24, 2.45) is 0 Å². The van der Waals surface area contributed by atoms with Crippen molar-refractivity contribution in [3.63, 3.8) is 0 Å². The van der Waals surface area contributed by atoms with Crippen molar-refractivity contribution < 1.29 is 24.2 Å². The van der Waals surface area contributed by atoms with Crippen molar-refractivity contribution in [1.82, 2.24) is 4.90 Å². The smallest absolute Gasteiger partial charge is 0.329 e. The number of rotatable bonds is 6. The van der Waals surface area contributed by atoms with Gasteiger partial charge in [0.1, 0.15) is 5.54 Å². The monoisotopic (exact) mass is 346 g/mol.